The van der Waals surface area contributed by atoms with Crippen LogP contribution in [0, 0.1) is 25.5 Å². The lowest BCUT2D eigenvalue weighted by atomic mass is 10.1. The molecule has 0 bridgehead atoms. The highest BCUT2D eigenvalue weighted by molar-refractivity contribution is 7.19. The molecule has 7 aromatic rings. The van der Waals surface area contributed by atoms with Gasteiger partial charge in [0, 0.05) is 32.6 Å². The molecule has 0 N–H and O–H groups in total. The molecule has 210 valence electrons. The second-order valence-electron chi connectivity index (χ2n) is 10.2. The van der Waals surface area contributed by atoms with E-state index in [1.165, 1.54) is 11.1 Å². The lowest BCUT2D eigenvalue weighted by Gasteiger charge is -2.24. The first-order valence-corrected chi connectivity index (χ1v) is 14.8. The van der Waals surface area contributed by atoms with Crippen LogP contribution in [0.2, 0.25) is 0 Å². The molecule has 5 aromatic carbocycles. The molecule has 2 aromatic heterocycles. The monoisotopic (exact) mass is 606 g/mol. The maximum Gasteiger partial charge on any atom is 0.216 e. The maximum atomic E-state index is 13.8. The first kappa shape index (κ1) is 26.9. The number of benzene rings is 4. The van der Waals surface area contributed by atoms with Crippen molar-refractivity contribution in [1.29, 1.82) is 0 Å². The molecule has 0 atom stereocenters. The van der Waals surface area contributed by atoms with Crippen LogP contribution in [0.4, 0.5) is 30.8 Å². The van der Waals surface area contributed by atoms with Crippen molar-refractivity contribution in [3.8, 4) is 10.4 Å². The molecule has 0 saturated heterocycles. The van der Waals surface area contributed by atoms with E-state index in [4.69, 9.17) is 0 Å². The minimum Gasteiger partial charge on any atom is -0.302 e. The van der Waals surface area contributed by atoms with Gasteiger partial charge in [-0.25, -0.2) is 13.8 Å². The Hall–Kier alpha value is -4.93. The predicted molar refractivity (Wildman–Crippen MR) is 169 cm³/mol. The molecular formula is C33H20F2N4O2S2. The summed E-state index contributed by atoms with van der Waals surface area (Å²) in [6, 6.07) is 25.8. The van der Waals surface area contributed by atoms with Crippen molar-refractivity contribution in [2.45, 2.75) is 13.8 Å². The van der Waals surface area contributed by atoms with Crippen LogP contribution in [0.5, 0.6) is 0 Å². The lowest BCUT2D eigenvalue weighted by molar-refractivity contribution is 0.511. The second kappa shape index (κ2) is 10.4. The molecule has 10 heteroatoms. The number of nitrogens with zero attached hydrogens (tertiary/aromatic N) is 4. The Morgan fingerprint density at radius 3 is 1.84 bits per heavy atom. The van der Waals surface area contributed by atoms with Crippen molar-refractivity contribution < 1.29 is 8.78 Å². The normalized spacial score (nSPS) is 11.4. The first-order chi connectivity index (χ1) is 20.8. The third-order valence-electron chi connectivity index (χ3n) is 7.27. The number of halogens is 2. The molecule has 6 nitrogen and oxygen atoms in total. The number of aryl methyl sites for hydroxylation is 2. The summed E-state index contributed by atoms with van der Waals surface area (Å²) in [6.45, 7) is 4.11. The zero-order chi connectivity index (χ0) is 29.8. The smallest absolute Gasteiger partial charge is 0.216 e. The summed E-state index contributed by atoms with van der Waals surface area (Å²) in [7, 11) is 0. The summed E-state index contributed by atoms with van der Waals surface area (Å²) in [5, 5.41) is 0.185. The van der Waals surface area contributed by atoms with Crippen LogP contribution in [0.3, 0.4) is 0 Å². The fourth-order valence-electron chi connectivity index (χ4n) is 5.03. The third-order valence-corrected chi connectivity index (χ3v) is 8.90. The number of fused-ring (bicyclic) bond motifs is 2. The highest BCUT2D eigenvalue weighted by Crippen LogP contribution is 2.43. The van der Waals surface area contributed by atoms with Gasteiger partial charge in [0.15, 0.2) is 17.0 Å². The van der Waals surface area contributed by atoms with Gasteiger partial charge >= 0.3 is 0 Å². The zero-order valence-corrected chi connectivity index (χ0v) is 24.4. The van der Waals surface area contributed by atoms with Gasteiger partial charge in [-0.2, -0.15) is 8.75 Å². The average molecular weight is 607 g/mol. The van der Waals surface area contributed by atoms with Gasteiger partial charge in [0.2, 0.25) is 10.9 Å². The molecule has 0 spiro atoms. The van der Waals surface area contributed by atoms with E-state index in [1.54, 1.807) is 17.4 Å². The van der Waals surface area contributed by atoms with Crippen LogP contribution in [0.15, 0.2) is 99.5 Å². The van der Waals surface area contributed by atoms with Crippen LogP contribution in [0.1, 0.15) is 11.1 Å². The fraction of sp³-hybridized carbons (Fsp3) is 0.0606. The van der Waals surface area contributed by atoms with E-state index in [0.717, 1.165) is 50.7 Å². The largest absolute Gasteiger partial charge is 0.302 e. The SMILES string of the molecule is Cc1ccc(N(c2ccc(C)cc2)c2ccc(-c3ccc(N=c4c(=O)c5cc(F)c(F)cc5c4=O)c4nsnc34)s2)cc1. The van der Waals surface area contributed by atoms with Crippen molar-refractivity contribution in [2.75, 3.05) is 4.90 Å². The minimum absolute atomic E-state index is 0.204. The number of aromatic nitrogens is 2. The summed E-state index contributed by atoms with van der Waals surface area (Å²) in [6.07, 6.45) is 0. The highest BCUT2D eigenvalue weighted by Gasteiger charge is 2.19. The standard InChI is InChI=1S/C33H20F2N4O2S2/c1-17-3-7-19(8-4-17)39(20-9-5-18(2)6-10-20)28-14-13-27(42-28)21-11-12-26(30-29(21)37-43-38-30)36-31-32(40)22-15-24(34)25(35)16-23(22)33(31)41/h3-16H,1-2H3. The average Bonchev–Trinajstić information content (AvgIpc) is 3.73. The molecule has 0 saturated carbocycles. The molecule has 0 aliphatic rings. The van der Waals surface area contributed by atoms with E-state index in [2.05, 4.69) is 87.1 Å². The van der Waals surface area contributed by atoms with E-state index in [1.807, 2.05) is 12.1 Å². The first-order valence-electron chi connectivity index (χ1n) is 13.2. The Kier molecular flexibility index (Phi) is 6.52. The Morgan fingerprint density at radius 2 is 1.26 bits per heavy atom. The maximum absolute atomic E-state index is 13.8. The highest BCUT2D eigenvalue weighted by atomic mass is 32.1. The van der Waals surface area contributed by atoms with Gasteiger partial charge in [0.1, 0.15) is 16.0 Å². The Morgan fingerprint density at radius 1 is 0.698 bits per heavy atom. The van der Waals surface area contributed by atoms with E-state index < -0.39 is 27.8 Å². The summed E-state index contributed by atoms with van der Waals surface area (Å²) >= 11 is 2.58. The Bertz CT molecular complexity index is 2230. The zero-order valence-electron chi connectivity index (χ0n) is 22.8. The molecule has 0 amide bonds. The Balaban J connectivity index is 1.33. The fourth-order valence-corrected chi connectivity index (χ4v) is 6.67. The molecule has 0 fully saturated rings. The molecule has 0 unspecified atom stereocenters. The molecule has 43 heavy (non-hydrogen) atoms. The number of hydrogen-bond acceptors (Lipinski definition) is 8. The van der Waals surface area contributed by atoms with E-state index in [9.17, 15) is 18.4 Å². The van der Waals surface area contributed by atoms with Gasteiger partial charge in [-0.3, -0.25) is 9.59 Å². The predicted octanol–water partition coefficient (Wildman–Crippen LogP) is 7.77. The van der Waals surface area contributed by atoms with Gasteiger partial charge in [-0.15, -0.1) is 11.3 Å². The van der Waals surface area contributed by atoms with Crippen molar-refractivity contribution in [2.24, 2.45) is 4.99 Å². The quantitative estimate of drug-likeness (QED) is 0.200. The van der Waals surface area contributed by atoms with Crippen molar-refractivity contribution in [3.63, 3.8) is 0 Å². The molecule has 7 rings (SSSR count). The summed E-state index contributed by atoms with van der Waals surface area (Å²) in [5.41, 5.74) is 4.99. The lowest BCUT2D eigenvalue weighted by Crippen LogP contribution is -2.31. The molecular weight excluding hydrogens is 587 g/mol. The summed E-state index contributed by atoms with van der Waals surface area (Å²) < 4.78 is 36.5. The van der Waals surface area contributed by atoms with Crippen LogP contribution in [-0.4, -0.2) is 8.75 Å². The second-order valence-corrected chi connectivity index (χ2v) is 11.8. The van der Waals surface area contributed by atoms with E-state index in [0.29, 0.717) is 11.0 Å². The van der Waals surface area contributed by atoms with Crippen LogP contribution in [-0.2, 0) is 0 Å². The third kappa shape index (κ3) is 4.65. The molecule has 0 aliphatic heterocycles. The van der Waals surface area contributed by atoms with Gasteiger partial charge in [-0.05, 0) is 74.5 Å². The van der Waals surface area contributed by atoms with Crippen molar-refractivity contribution in [1.82, 2.24) is 8.75 Å². The number of anilines is 3. The van der Waals surface area contributed by atoms with Crippen molar-refractivity contribution >= 4 is 66.9 Å². The Labute approximate surface area is 251 Å². The number of rotatable bonds is 5. The van der Waals surface area contributed by atoms with Crippen LogP contribution < -0.4 is 21.1 Å². The van der Waals surface area contributed by atoms with Gasteiger partial charge in [0.05, 0.1) is 17.4 Å². The summed E-state index contributed by atoms with van der Waals surface area (Å²) in [5.74, 6) is -2.40. The molecule has 2 heterocycles. The number of thiophene rings is 1. The molecule has 0 aliphatic carbocycles. The van der Waals surface area contributed by atoms with Crippen molar-refractivity contribution in [3.05, 3.63) is 133 Å². The summed E-state index contributed by atoms with van der Waals surface area (Å²) in [4.78, 5) is 33.3. The number of hydrogen-bond donors (Lipinski definition) is 0. The van der Waals surface area contributed by atoms with E-state index in [-0.39, 0.29) is 16.5 Å². The van der Waals surface area contributed by atoms with E-state index >= 15 is 0 Å². The van der Waals surface area contributed by atoms with Gasteiger partial charge in [-0.1, -0.05) is 35.4 Å². The topological polar surface area (TPSA) is 75.5 Å². The minimum atomic E-state index is -1.20. The van der Waals surface area contributed by atoms with Gasteiger partial charge < -0.3 is 4.90 Å². The van der Waals surface area contributed by atoms with Crippen LogP contribution >= 0.6 is 23.1 Å². The van der Waals surface area contributed by atoms with Gasteiger partial charge in [0.25, 0.3) is 0 Å². The van der Waals surface area contributed by atoms with Crippen LogP contribution in [0.25, 0.3) is 32.2 Å². The molecule has 0 radical (unpaired) electrons.